The average Bonchev–Trinajstić information content (AvgIpc) is 2.19. The van der Waals surface area contributed by atoms with Gasteiger partial charge in [-0.2, -0.15) is 0 Å². The molecule has 0 bridgehead atoms. The minimum atomic E-state index is -1.07. The molecule has 13 heavy (non-hydrogen) atoms. The molecule has 0 spiro atoms. The van der Waals surface area contributed by atoms with E-state index in [1.54, 1.807) is 0 Å². The lowest BCUT2D eigenvalue weighted by Crippen LogP contribution is -2.15. The van der Waals surface area contributed by atoms with Crippen LogP contribution in [0.1, 0.15) is 24.5 Å². The maximum absolute atomic E-state index is 11.1. The summed E-state index contributed by atoms with van der Waals surface area (Å²) in [6.45, 7) is 0. The minimum Gasteiger partial charge on any atom is -0.282 e. The molecule has 0 aliphatic carbocycles. The van der Waals surface area contributed by atoms with Crippen molar-refractivity contribution in [1.29, 1.82) is 0 Å². The molecule has 2 rings (SSSR count). The summed E-state index contributed by atoms with van der Waals surface area (Å²) in [5.74, 6) is 0.684. The Labute approximate surface area is 80.6 Å². The summed E-state index contributed by atoms with van der Waals surface area (Å²) in [7, 11) is 0. The zero-order valence-corrected chi connectivity index (χ0v) is 8.13. The lowest BCUT2D eigenvalue weighted by Gasteiger charge is -2.21. The van der Waals surface area contributed by atoms with Crippen LogP contribution in [0.3, 0.4) is 0 Å². The van der Waals surface area contributed by atoms with Crippen LogP contribution in [0.15, 0.2) is 30.3 Å². The number of hydrogen-bond donors (Lipinski definition) is 0. The molecule has 1 aliphatic rings. The molecule has 70 valence electrons. The van der Waals surface area contributed by atoms with Crippen LogP contribution < -0.4 is 0 Å². The Kier molecular flexibility index (Phi) is 2.76. The largest absolute Gasteiger partial charge is 0.282 e. The first-order valence-corrected chi connectivity index (χ1v) is 5.71. The molecule has 1 saturated heterocycles. The van der Waals surface area contributed by atoms with Gasteiger partial charge in [-0.3, -0.25) is 4.18 Å². The second kappa shape index (κ2) is 4.03. The van der Waals surface area contributed by atoms with Crippen molar-refractivity contribution in [3.05, 3.63) is 35.9 Å². The standard InChI is InChI=1S/C10H12O2S/c11-13-8-4-7-10(12-13)9-5-2-1-3-6-9/h1-3,5-6,10H,4,7-8H2. The number of benzene rings is 1. The lowest BCUT2D eigenvalue weighted by molar-refractivity contribution is 0.203. The lowest BCUT2D eigenvalue weighted by atomic mass is 10.1. The van der Waals surface area contributed by atoms with Crippen molar-refractivity contribution in [2.24, 2.45) is 0 Å². The Balaban J connectivity index is 2.13. The first-order valence-electron chi connectivity index (χ1n) is 4.47. The fourth-order valence-electron chi connectivity index (χ4n) is 1.50. The van der Waals surface area contributed by atoms with E-state index in [4.69, 9.17) is 4.18 Å². The molecule has 1 aromatic carbocycles. The summed E-state index contributed by atoms with van der Waals surface area (Å²) in [5, 5.41) is 0. The Hall–Kier alpha value is -0.670. The summed E-state index contributed by atoms with van der Waals surface area (Å²) in [6.07, 6.45) is 2.01. The summed E-state index contributed by atoms with van der Waals surface area (Å²) < 4.78 is 16.5. The van der Waals surface area contributed by atoms with E-state index in [1.807, 2.05) is 30.3 Å². The summed E-state index contributed by atoms with van der Waals surface area (Å²) in [5.41, 5.74) is 1.13. The van der Waals surface area contributed by atoms with Gasteiger partial charge in [-0.25, -0.2) is 4.21 Å². The molecular formula is C10H12O2S. The normalized spacial score (nSPS) is 28.6. The first-order chi connectivity index (χ1) is 6.36. The maximum Gasteiger partial charge on any atom is 0.156 e. The number of hydrogen-bond acceptors (Lipinski definition) is 2. The SMILES string of the molecule is O=S1CCCC(c2ccccc2)O1. The Morgan fingerprint density at radius 3 is 2.77 bits per heavy atom. The molecule has 0 amide bonds. The monoisotopic (exact) mass is 196 g/mol. The highest BCUT2D eigenvalue weighted by Gasteiger charge is 2.20. The highest BCUT2D eigenvalue weighted by molar-refractivity contribution is 7.80. The van der Waals surface area contributed by atoms with Crippen molar-refractivity contribution in [3.8, 4) is 0 Å². The minimum absolute atomic E-state index is 0.0378. The van der Waals surface area contributed by atoms with Gasteiger partial charge in [0.15, 0.2) is 11.1 Å². The van der Waals surface area contributed by atoms with Gasteiger partial charge in [0, 0.05) is 5.75 Å². The van der Waals surface area contributed by atoms with E-state index in [0.717, 1.165) is 18.4 Å². The molecule has 2 nitrogen and oxygen atoms in total. The van der Waals surface area contributed by atoms with Gasteiger partial charge in [0.25, 0.3) is 0 Å². The van der Waals surface area contributed by atoms with E-state index in [1.165, 1.54) is 0 Å². The quantitative estimate of drug-likeness (QED) is 0.688. The highest BCUT2D eigenvalue weighted by Crippen LogP contribution is 2.27. The van der Waals surface area contributed by atoms with E-state index in [-0.39, 0.29) is 6.10 Å². The van der Waals surface area contributed by atoms with E-state index in [0.29, 0.717) is 5.75 Å². The fourth-order valence-corrected chi connectivity index (χ4v) is 2.47. The third kappa shape index (κ3) is 2.17. The van der Waals surface area contributed by atoms with Crippen LogP contribution in [0.25, 0.3) is 0 Å². The van der Waals surface area contributed by atoms with Crippen LogP contribution in [0.2, 0.25) is 0 Å². The molecular weight excluding hydrogens is 184 g/mol. The topological polar surface area (TPSA) is 26.3 Å². The molecule has 1 fully saturated rings. The van der Waals surface area contributed by atoms with Crippen LogP contribution in [0, 0.1) is 0 Å². The van der Waals surface area contributed by atoms with Gasteiger partial charge >= 0.3 is 0 Å². The van der Waals surface area contributed by atoms with Gasteiger partial charge in [-0.1, -0.05) is 30.3 Å². The van der Waals surface area contributed by atoms with E-state index >= 15 is 0 Å². The molecule has 2 atom stereocenters. The first kappa shape index (κ1) is 8.91. The third-order valence-electron chi connectivity index (χ3n) is 2.17. The molecule has 1 heterocycles. The van der Waals surface area contributed by atoms with E-state index in [2.05, 4.69) is 0 Å². The van der Waals surface area contributed by atoms with Gasteiger partial charge < -0.3 is 0 Å². The Morgan fingerprint density at radius 1 is 1.31 bits per heavy atom. The highest BCUT2D eigenvalue weighted by atomic mass is 32.2. The van der Waals surface area contributed by atoms with Crippen molar-refractivity contribution in [3.63, 3.8) is 0 Å². The zero-order valence-electron chi connectivity index (χ0n) is 7.31. The second-order valence-corrected chi connectivity index (χ2v) is 4.35. The smallest absolute Gasteiger partial charge is 0.156 e. The zero-order chi connectivity index (χ0) is 9.10. The fraction of sp³-hybridized carbons (Fsp3) is 0.400. The van der Waals surface area contributed by atoms with Crippen LogP contribution in [-0.4, -0.2) is 9.96 Å². The summed E-state index contributed by atoms with van der Waals surface area (Å²) in [4.78, 5) is 0. The third-order valence-corrected chi connectivity index (χ3v) is 3.24. The molecule has 2 unspecified atom stereocenters. The van der Waals surface area contributed by atoms with Crippen LogP contribution in [-0.2, 0) is 15.3 Å². The Morgan fingerprint density at radius 2 is 2.08 bits per heavy atom. The van der Waals surface area contributed by atoms with Gasteiger partial charge in [-0.05, 0) is 18.4 Å². The molecule has 3 heteroatoms. The van der Waals surface area contributed by atoms with Crippen molar-refractivity contribution < 1.29 is 8.39 Å². The van der Waals surface area contributed by atoms with Crippen LogP contribution >= 0.6 is 0 Å². The van der Waals surface area contributed by atoms with Crippen LogP contribution in [0.5, 0.6) is 0 Å². The molecule has 1 aromatic rings. The second-order valence-electron chi connectivity index (χ2n) is 3.15. The molecule has 0 aromatic heterocycles. The van der Waals surface area contributed by atoms with Crippen LogP contribution in [0.4, 0.5) is 0 Å². The Bertz CT molecular complexity index is 297. The van der Waals surface area contributed by atoms with Crippen molar-refractivity contribution >= 4 is 11.1 Å². The van der Waals surface area contributed by atoms with Gasteiger partial charge in [-0.15, -0.1) is 0 Å². The molecule has 1 aliphatic heterocycles. The predicted octanol–water partition coefficient (Wildman–Crippen LogP) is 2.20. The molecule has 0 radical (unpaired) electrons. The van der Waals surface area contributed by atoms with E-state index < -0.39 is 11.1 Å². The molecule has 0 saturated carbocycles. The summed E-state index contributed by atoms with van der Waals surface area (Å²) in [6, 6.07) is 9.98. The van der Waals surface area contributed by atoms with Gasteiger partial charge in [0.05, 0.1) is 6.10 Å². The average molecular weight is 196 g/mol. The molecule has 0 N–H and O–H groups in total. The van der Waals surface area contributed by atoms with Crippen molar-refractivity contribution in [2.45, 2.75) is 18.9 Å². The predicted molar refractivity (Wildman–Crippen MR) is 52.5 cm³/mol. The summed E-state index contributed by atoms with van der Waals surface area (Å²) >= 11 is -1.07. The number of rotatable bonds is 1. The van der Waals surface area contributed by atoms with Gasteiger partial charge in [0.2, 0.25) is 0 Å². The van der Waals surface area contributed by atoms with Crippen molar-refractivity contribution in [2.75, 3.05) is 5.75 Å². The van der Waals surface area contributed by atoms with E-state index in [9.17, 15) is 4.21 Å². The maximum atomic E-state index is 11.1. The van der Waals surface area contributed by atoms with Gasteiger partial charge in [0.1, 0.15) is 0 Å². The van der Waals surface area contributed by atoms with Crippen molar-refractivity contribution in [1.82, 2.24) is 0 Å².